The van der Waals surface area contributed by atoms with E-state index < -0.39 is 0 Å². The van der Waals surface area contributed by atoms with Gasteiger partial charge in [-0.2, -0.15) is 0 Å². The van der Waals surface area contributed by atoms with Gasteiger partial charge in [-0.15, -0.1) is 0 Å². The molecule has 1 N–H and O–H groups in total. The topological polar surface area (TPSA) is 23.9 Å². The van der Waals surface area contributed by atoms with Crippen molar-refractivity contribution in [3.63, 3.8) is 0 Å². The van der Waals surface area contributed by atoms with Gasteiger partial charge < -0.3 is 5.41 Å². The minimum absolute atomic E-state index is 0.535. The van der Waals surface area contributed by atoms with Crippen LogP contribution < -0.4 is 0 Å². The van der Waals surface area contributed by atoms with Gasteiger partial charge in [0.05, 0.1) is 5.71 Å². The van der Waals surface area contributed by atoms with Crippen LogP contribution >= 0.6 is 0 Å². The van der Waals surface area contributed by atoms with Crippen LogP contribution in [0.25, 0.3) is 33.4 Å². The summed E-state index contributed by atoms with van der Waals surface area (Å²) in [6.45, 7) is 20.3. The number of hydrogen-bond donors (Lipinski definition) is 1. The molecule has 2 aliphatic carbocycles. The average molecular weight is 824 g/mol. The van der Waals surface area contributed by atoms with Gasteiger partial charge in [0.15, 0.2) is 0 Å². The van der Waals surface area contributed by atoms with Crippen molar-refractivity contribution in [2.24, 2.45) is 0 Å². The zero-order chi connectivity index (χ0) is 45.4. The lowest BCUT2D eigenvalue weighted by atomic mass is 9.87. The third kappa shape index (κ3) is 13.5. The van der Waals surface area contributed by atoms with Gasteiger partial charge in [-0.25, -0.2) is 0 Å². The Bertz CT molecular complexity index is 2580. The molecule has 0 spiro atoms. The summed E-state index contributed by atoms with van der Waals surface area (Å²) in [5.41, 5.74) is 17.7. The van der Waals surface area contributed by atoms with Gasteiger partial charge in [0.25, 0.3) is 0 Å². The van der Waals surface area contributed by atoms with Gasteiger partial charge in [0, 0.05) is 12.0 Å². The highest BCUT2D eigenvalue weighted by molar-refractivity contribution is 6.14. The number of benzene rings is 4. The lowest BCUT2D eigenvalue weighted by molar-refractivity contribution is 1.08. The van der Waals surface area contributed by atoms with Crippen LogP contribution in [0, 0.1) is 17.3 Å². The van der Waals surface area contributed by atoms with Gasteiger partial charge in [0.2, 0.25) is 0 Å². The van der Waals surface area contributed by atoms with Crippen LogP contribution in [0.15, 0.2) is 206 Å². The zero-order valence-electron chi connectivity index (χ0n) is 38.8. The number of rotatable bonds is 12. The molecule has 0 radical (unpaired) electrons. The Labute approximate surface area is 380 Å². The molecule has 1 nitrogen and oxygen atoms in total. The van der Waals surface area contributed by atoms with E-state index in [9.17, 15) is 0 Å². The van der Waals surface area contributed by atoms with Gasteiger partial charge in [-0.1, -0.05) is 215 Å². The Hall–Kier alpha value is -7.01. The molecule has 2 aliphatic rings. The molecular formula is C62H65N. The van der Waals surface area contributed by atoms with E-state index >= 15 is 0 Å². The molecule has 0 heterocycles. The molecule has 63 heavy (non-hydrogen) atoms. The molecule has 1 heteroatoms. The first-order valence-corrected chi connectivity index (χ1v) is 22.4. The second-order valence-electron chi connectivity index (χ2n) is 14.6. The zero-order valence-corrected chi connectivity index (χ0v) is 38.8. The van der Waals surface area contributed by atoms with Gasteiger partial charge in [-0.05, 0) is 144 Å². The van der Waals surface area contributed by atoms with Crippen LogP contribution in [-0.2, 0) is 0 Å². The summed E-state index contributed by atoms with van der Waals surface area (Å²) >= 11 is 0. The fourth-order valence-corrected chi connectivity index (χ4v) is 7.31. The van der Waals surface area contributed by atoms with Crippen molar-refractivity contribution in [2.75, 3.05) is 0 Å². The maximum Gasteiger partial charge on any atom is 0.0615 e. The Morgan fingerprint density at radius 1 is 0.683 bits per heavy atom. The second kappa shape index (κ2) is 26.4. The Morgan fingerprint density at radius 3 is 1.86 bits per heavy atom. The van der Waals surface area contributed by atoms with E-state index in [1.54, 1.807) is 6.08 Å². The minimum atomic E-state index is 0.535. The highest BCUT2D eigenvalue weighted by Gasteiger charge is 2.16. The van der Waals surface area contributed by atoms with E-state index in [4.69, 9.17) is 5.41 Å². The maximum absolute atomic E-state index is 8.54. The molecule has 0 unspecified atom stereocenters. The lowest BCUT2D eigenvalue weighted by Crippen LogP contribution is -2.02. The van der Waals surface area contributed by atoms with Crippen molar-refractivity contribution in [2.45, 2.75) is 74.7 Å². The first kappa shape index (κ1) is 48.7. The third-order valence-corrected chi connectivity index (χ3v) is 10.8. The number of nitrogens with one attached hydrogen (secondary N) is 1. The molecular weight excluding hydrogens is 759 g/mol. The van der Waals surface area contributed by atoms with E-state index in [2.05, 4.69) is 186 Å². The van der Waals surface area contributed by atoms with E-state index in [0.717, 1.165) is 91.6 Å². The third-order valence-electron chi connectivity index (χ3n) is 10.8. The fourth-order valence-electron chi connectivity index (χ4n) is 7.31. The molecule has 0 saturated carbocycles. The monoisotopic (exact) mass is 824 g/mol. The summed E-state index contributed by atoms with van der Waals surface area (Å²) in [7, 11) is 0. The highest BCUT2D eigenvalue weighted by atomic mass is 14.4. The average Bonchev–Trinajstić information content (AvgIpc) is 3.32. The largest absolute Gasteiger partial charge is 0.300 e. The Kier molecular flexibility index (Phi) is 20.4. The minimum Gasteiger partial charge on any atom is -0.300 e. The second-order valence-corrected chi connectivity index (χ2v) is 14.6. The Balaban J connectivity index is 0.00000137. The Morgan fingerprint density at radius 2 is 1.27 bits per heavy atom. The van der Waals surface area contributed by atoms with E-state index in [1.165, 1.54) is 11.1 Å². The van der Waals surface area contributed by atoms with Crippen LogP contribution in [0.5, 0.6) is 0 Å². The van der Waals surface area contributed by atoms with Crippen molar-refractivity contribution in [1.82, 2.24) is 0 Å². The van der Waals surface area contributed by atoms with E-state index in [-0.39, 0.29) is 0 Å². The van der Waals surface area contributed by atoms with Crippen LogP contribution in [0.3, 0.4) is 0 Å². The van der Waals surface area contributed by atoms with E-state index in [0.29, 0.717) is 5.71 Å². The fraction of sp³-hybridized carbons (Fsp3) is 0.177. The van der Waals surface area contributed by atoms with Crippen molar-refractivity contribution in [1.29, 1.82) is 5.41 Å². The number of hydrogen-bond acceptors (Lipinski definition) is 1. The SMILES string of the molecule is C/C=C\C.C=C/C=C\C=C(/CC)c1ccc(/C(=C\C(=C/C)c2ccc(/C(=C/C)c3ccccc3/C(C)=C3\C=CC=CC3=N)cc2)c2ccc(C3=C/C#CCC\C=C\3)cc2)cc1.CC. The molecule has 4 aromatic rings. The van der Waals surface area contributed by atoms with Crippen LogP contribution in [-0.4, -0.2) is 5.71 Å². The highest BCUT2D eigenvalue weighted by Crippen LogP contribution is 2.35. The summed E-state index contributed by atoms with van der Waals surface area (Å²) < 4.78 is 0. The lowest BCUT2D eigenvalue weighted by Gasteiger charge is -2.17. The first-order chi connectivity index (χ1) is 30.9. The van der Waals surface area contributed by atoms with Gasteiger partial charge in [-0.3, -0.25) is 0 Å². The predicted molar refractivity (Wildman–Crippen MR) is 281 cm³/mol. The molecule has 0 aliphatic heterocycles. The summed E-state index contributed by atoms with van der Waals surface area (Å²) in [4.78, 5) is 0. The van der Waals surface area contributed by atoms with Crippen molar-refractivity contribution in [3.05, 3.63) is 251 Å². The van der Waals surface area contributed by atoms with Crippen LogP contribution in [0.2, 0.25) is 0 Å². The van der Waals surface area contributed by atoms with Crippen molar-refractivity contribution >= 4 is 39.2 Å². The standard InChI is InChI=1S/C56H51N.C4H8.C2H6/c1-6-10-14-21-42(7-2)45-28-36-49(37-29-45)55(50-38-32-47(33-39-50)44-22-15-12-11-13-16-23-44)40-43(8-3)46-30-34-48(35-31-46)51(9-4)54-26-18-17-24-52(54)41(5)53-25-19-20-27-56(53)57;1-3-4-2;1-2/h6,8-10,14-15,17-40,57H,1,7,11-12H2,2-5H3;3-4H,1-2H3;1-2H3/b14-10-,22-15+,42-21+,43-8+,44-23+,51-9-,53-41+,55-40+,57-56?;4-3-;. The van der Waals surface area contributed by atoms with Crippen LogP contribution in [0.1, 0.15) is 119 Å². The quantitative estimate of drug-likeness (QED) is 0.0836. The smallest absolute Gasteiger partial charge is 0.0615 e. The molecule has 0 aromatic heterocycles. The van der Waals surface area contributed by atoms with Crippen molar-refractivity contribution < 1.29 is 0 Å². The molecule has 0 atom stereocenters. The molecule has 0 bridgehead atoms. The molecule has 0 amide bonds. The predicted octanol–water partition coefficient (Wildman–Crippen LogP) is 17.5. The van der Waals surface area contributed by atoms with E-state index in [1.807, 2.05) is 76.3 Å². The summed E-state index contributed by atoms with van der Waals surface area (Å²) in [6.07, 6.45) is 35.8. The van der Waals surface area contributed by atoms with Crippen LogP contribution in [0.4, 0.5) is 0 Å². The molecule has 318 valence electrons. The summed E-state index contributed by atoms with van der Waals surface area (Å²) in [6, 6.07) is 35.3. The van der Waals surface area contributed by atoms with Crippen molar-refractivity contribution in [3.8, 4) is 11.8 Å². The molecule has 4 aromatic carbocycles. The van der Waals surface area contributed by atoms with Gasteiger partial charge in [0.1, 0.15) is 0 Å². The van der Waals surface area contributed by atoms with Gasteiger partial charge >= 0.3 is 0 Å². The summed E-state index contributed by atoms with van der Waals surface area (Å²) in [5.74, 6) is 6.45. The molecule has 6 rings (SSSR count). The molecule has 0 fully saturated rings. The first-order valence-electron chi connectivity index (χ1n) is 22.4. The summed E-state index contributed by atoms with van der Waals surface area (Å²) in [5, 5.41) is 8.54. The maximum atomic E-state index is 8.54. The number of allylic oxidation sites excluding steroid dienone is 21. The molecule has 0 saturated heterocycles. The normalized spacial score (nSPS) is 16.4.